The minimum absolute atomic E-state index is 0.0394. The molecule has 1 rings (SSSR count). The predicted octanol–water partition coefficient (Wildman–Crippen LogP) is 0.0299. The van der Waals surface area contributed by atoms with Crippen LogP contribution in [0.3, 0.4) is 0 Å². The van der Waals surface area contributed by atoms with E-state index in [4.69, 9.17) is 0 Å². The molecule has 1 heterocycles. The van der Waals surface area contributed by atoms with Crippen molar-refractivity contribution >= 4 is 6.03 Å². The Morgan fingerprint density at radius 1 is 1.88 bits per heavy atom. The van der Waals surface area contributed by atoms with Gasteiger partial charge in [-0.2, -0.15) is 0 Å². The van der Waals surface area contributed by atoms with Gasteiger partial charge in [0.05, 0.1) is 0 Å². The van der Waals surface area contributed by atoms with Crippen molar-refractivity contribution < 1.29 is 4.79 Å². The van der Waals surface area contributed by atoms with Crippen molar-refractivity contribution in [1.82, 2.24) is 10.2 Å². The second kappa shape index (κ2) is 1.65. The first-order valence-corrected chi connectivity index (χ1v) is 2.72. The van der Waals surface area contributed by atoms with E-state index in [1.165, 1.54) is 0 Å². The molecule has 0 bridgehead atoms. The summed E-state index contributed by atoms with van der Waals surface area (Å²) in [5.74, 6) is 0. The average Bonchev–Trinajstić information content (AvgIpc) is 1.85. The van der Waals surface area contributed by atoms with E-state index >= 15 is 0 Å². The molecule has 1 fully saturated rings. The third kappa shape index (κ3) is 0.757. The van der Waals surface area contributed by atoms with Crippen molar-refractivity contribution in [3.05, 3.63) is 0 Å². The quantitative estimate of drug-likeness (QED) is 0.473. The minimum Gasteiger partial charge on any atom is -0.334 e. The molecule has 1 atom stereocenters. The lowest BCUT2D eigenvalue weighted by Crippen LogP contribution is -2.25. The molecule has 46 valence electrons. The van der Waals surface area contributed by atoms with Gasteiger partial charge in [0.1, 0.15) is 0 Å². The van der Waals surface area contributed by atoms with Crippen LogP contribution >= 0.6 is 0 Å². The Morgan fingerprint density at radius 2 is 2.50 bits per heavy atom. The highest BCUT2D eigenvalue weighted by Crippen LogP contribution is 1.97. The van der Waals surface area contributed by atoms with Crippen LogP contribution in [0, 0.1) is 0 Å². The number of nitrogens with zero attached hydrogens (tertiary/aromatic N) is 1. The molecule has 1 saturated heterocycles. The fraction of sp³-hybridized carbons (Fsp3) is 0.800. The highest BCUT2D eigenvalue weighted by atomic mass is 16.2. The zero-order chi connectivity index (χ0) is 6.15. The van der Waals surface area contributed by atoms with Gasteiger partial charge in [0.2, 0.25) is 0 Å². The summed E-state index contributed by atoms with van der Waals surface area (Å²) >= 11 is 0. The molecule has 8 heavy (non-hydrogen) atoms. The lowest BCUT2D eigenvalue weighted by Gasteiger charge is -2.02. The van der Waals surface area contributed by atoms with E-state index in [0.717, 1.165) is 6.54 Å². The molecule has 1 aliphatic rings. The van der Waals surface area contributed by atoms with Crippen LogP contribution in [-0.4, -0.2) is 30.6 Å². The Morgan fingerprint density at radius 3 is 2.62 bits per heavy atom. The second-order valence-electron chi connectivity index (χ2n) is 2.23. The lowest BCUT2D eigenvalue weighted by molar-refractivity contribution is 0.226. The number of nitrogens with one attached hydrogen (secondary N) is 1. The van der Waals surface area contributed by atoms with Crippen molar-refractivity contribution in [3.63, 3.8) is 0 Å². The molecule has 0 aromatic carbocycles. The number of hydrogen-bond donors (Lipinski definition) is 1. The zero-order valence-corrected chi connectivity index (χ0v) is 5.14. The summed E-state index contributed by atoms with van der Waals surface area (Å²) in [6, 6.07) is 0.366. The highest BCUT2D eigenvalue weighted by Gasteiger charge is 2.20. The molecular weight excluding hydrogens is 104 g/mol. The molecule has 3 nitrogen and oxygen atoms in total. The maximum atomic E-state index is 10.6. The van der Waals surface area contributed by atoms with Gasteiger partial charge in [-0.25, -0.2) is 4.79 Å². The number of urea groups is 1. The van der Waals surface area contributed by atoms with Crippen LogP contribution in [0.2, 0.25) is 0 Å². The molecular formula is C5H10N2O. The Labute approximate surface area is 48.7 Å². The van der Waals surface area contributed by atoms with Gasteiger partial charge in [0.15, 0.2) is 0 Å². The summed E-state index contributed by atoms with van der Waals surface area (Å²) in [6.45, 7) is 2.82. The standard InChI is InChI=1S/C5H10N2O/c1-4-3-7(2)5(8)6-4/h4H,3H2,1-2H3,(H,6,8)/t4-/m0/s1. The monoisotopic (exact) mass is 114 g/mol. The molecule has 2 amide bonds. The highest BCUT2D eigenvalue weighted by molar-refractivity contribution is 5.76. The summed E-state index contributed by atoms with van der Waals surface area (Å²) in [7, 11) is 1.79. The van der Waals surface area contributed by atoms with Crippen LogP contribution in [0.25, 0.3) is 0 Å². The normalized spacial score (nSPS) is 28.5. The maximum absolute atomic E-state index is 10.6. The fourth-order valence-electron chi connectivity index (χ4n) is 0.860. The first-order chi connectivity index (χ1) is 3.70. The van der Waals surface area contributed by atoms with Gasteiger partial charge in [-0.1, -0.05) is 0 Å². The Hall–Kier alpha value is -0.730. The number of rotatable bonds is 0. The van der Waals surface area contributed by atoms with Gasteiger partial charge in [-0.3, -0.25) is 0 Å². The van der Waals surface area contributed by atoms with Crippen molar-refractivity contribution in [2.75, 3.05) is 13.6 Å². The lowest BCUT2D eigenvalue weighted by atomic mass is 10.4. The first kappa shape index (κ1) is 5.41. The van der Waals surface area contributed by atoms with E-state index in [1.807, 2.05) is 6.92 Å². The topological polar surface area (TPSA) is 32.3 Å². The van der Waals surface area contributed by atoms with Crippen LogP contribution in [-0.2, 0) is 0 Å². The fourth-order valence-corrected chi connectivity index (χ4v) is 0.860. The molecule has 0 aromatic heterocycles. The van der Waals surface area contributed by atoms with Gasteiger partial charge < -0.3 is 10.2 Å². The van der Waals surface area contributed by atoms with E-state index < -0.39 is 0 Å². The van der Waals surface area contributed by atoms with Crippen LogP contribution in [0.1, 0.15) is 6.92 Å². The summed E-state index contributed by atoms with van der Waals surface area (Å²) in [5.41, 5.74) is 0. The third-order valence-corrected chi connectivity index (χ3v) is 1.26. The van der Waals surface area contributed by atoms with Gasteiger partial charge in [0.25, 0.3) is 0 Å². The van der Waals surface area contributed by atoms with Crippen molar-refractivity contribution in [2.24, 2.45) is 0 Å². The molecule has 0 spiro atoms. The molecule has 0 saturated carbocycles. The van der Waals surface area contributed by atoms with Gasteiger partial charge >= 0.3 is 6.03 Å². The number of amides is 2. The molecule has 1 aliphatic heterocycles. The molecule has 0 aromatic rings. The van der Waals surface area contributed by atoms with Crippen LogP contribution in [0.5, 0.6) is 0 Å². The SMILES string of the molecule is C[C@H]1CN(C)C(=O)N1. The van der Waals surface area contributed by atoms with Crippen LogP contribution in [0.15, 0.2) is 0 Å². The summed E-state index contributed by atoms with van der Waals surface area (Å²) < 4.78 is 0. The molecule has 0 aliphatic carbocycles. The van der Waals surface area contributed by atoms with Crippen molar-refractivity contribution in [1.29, 1.82) is 0 Å². The van der Waals surface area contributed by atoms with E-state index in [-0.39, 0.29) is 6.03 Å². The zero-order valence-electron chi connectivity index (χ0n) is 5.14. The summed E-state index contributed by atoms with van der Waals surface area (Å²) in [5, 5.41) is 2.75. The number of hydrogen-bond acceptors (Lipinski definition) is 1. The summed E-state index contributed by atoms with van der Waals surface area (Å²) in [6.07, 6.45) is 0. The Bertz CT molecular complexity index is 113. The largest absolute Gasteiger partial charge is 0.334 e. The third-order valence-electron chi connectivity index (χ3n) is 1.26. The van der Waals surface area contributed by atoms with Crippen molar-refractivity contribution in [2.45, 2.75) is 13.0 Å². The maximum Gasteiger partial charge on any atom is 0.317 e. The van der Waals surface area contributed by atoms with Gasteiger partial charge in [0, 0.05) is 19.6 Å². The Kier molecular flexibility index (Phi) is 1.12. The molecule has 0 radical (unpaired) electrons. The molecule has 1 N–H and O–H groups in total. The van der Waals surface area contributed by atoms with E-state index in [9.17, 15) is 4.79 Å². The number of carbonyl (C=O) groups is 1. The number of carbonyl (C=O) groups excluding carboxylic acids is 1. The smallest absolute Gasteiger partial charge is 0.317 e. The van der Waals surface area contributed by atoms with E-state index in [1.54, 1.807) is 11.9 Å². The summed E-state index contributed by atoms with van der Waals surface area (Å²) in [4.78, 5) is 12.3. The molecule has 3 heteroatoms. The van der Waals surface area contributed by atoms with Gasteiger partial charge in [-0.05, 0) is 6.92 Å². The van der Waals surface area contributed by atoms with Crippen LogP contribution in [0.4, 0.5) is 4.79 Å². The predicted molar refractivity (Wildman–Crippen MR) is 30.6 cm³/mol. The minimum atomic E-state index is 0.0394. The van der Waals surface area contributed by atoms with Crippen molar-refractivity contribution in [3.8, 4) is 0 Å². The Balaban J connectivity index is 2.51. The molecule has 0 unspecified atom stereocenters. The van der Waals surface area contributed by atoms with E-state index in [2.05, 4.69) is 5.32 Å². The average molecular weight is 114 g/mol. The second-order valence-corrected chi connectivity index (χ2v) is 2.23. The van der Waals surface area contributed by atoms with E-state index in [0.29, 0.717) is 6.04 Å². The first-order valence-electron chi connectivity index (χ1n) is 2.72. The number of likely N-dealkylation sites (N-methyl/N-ethyl adjacent to an activating group) is 1. The van der Waals surface area contributed by atoms with Gasteiger partial charge in [-0.15, -0.1) is 0 Å². The van der Waals surface area contributed by atoms with Crippen LogP contribution < -0.4 is 5.32 Å².